The van der Waals surface area contributed by atoms with E-state index >= 15 is 0 Å². The van der Waals surface area contributed by atoms with Gasteiger partial charge in [-0.2, -0.15) is 0 Å². The quantitative estimate of drug-likeness (QED) is 0.900. The van der Waals surface area contributed by atoms with E-state index in [1.807, 2.05) is 30.3 Å². The highest BCUT2D eigenvalue weighted by Crippen LogP contribution is 2.28. The molecular formula is C19H22N4O2. The standard InChI is InChI=1S/C19H22N4O2/c24-19(21-13-15-12-14-6-1-2-8-17(14)25-15)22-16-7-5-9-20-18(16)23-10-3-4-11-23/h1-2,5-9,15H,3-4,10-13H2,(H2,21,22,24). The zero-order valence-corrected chi connectivity index (χ0v) is 14.1. The largest absolute Gasteiger partial charge is 0.488 e. The first-order valence-electron chi connectivity index (χ1n) is 8.79. The SMILES string of the molecule is O=C(NCC1Cc2ccccc2O1)Nc1cccnc1N1CCCC1. The average Bonchev–Trinajstić information content (AvgIpc) is 3.30. The van der Waals surface area contributed by atoms with Crippen molar-refractivity contribution in [1.29, 1.82) is 0 Å². The van der Waals surface area contributed by atoms with Crippen LogP contribution in [-0.4, -0.2) is 36.8 Å². The van der Waals surface area contributed by atoms with Crippen molar-refractivity contribution in [1.82, 2.24) is 10.3 Å². The predicted octanol–water partition coefficient (Wildman–Crippen LogP) is 2.81. The van der Waals surface area contributed by atoms with E-state index < -0.39 is 0 Å². The summed E-state index contributed by atoms with van der Waals surface area (Å²) < 4.78 is 5.85. The third-order valence-electron chi connectivity index (χ3n) is 4.64. The Morgan fingerprint density at radius 2 is 2.04 bits per heavy atom. The number of ether oxygens (including phenoxy) is 1. The van der Waals surface area contributed by atoms with Crippen LogP contribution in [0.5, 0.6) is 5.75 Å². The van der Waals surface area contributed by atoms with Gasteiger partial charge in [-0.3, -0.25) is 0 Å². The topological polar surface area (TPSA) is 66.5 Å². The number of aromatic nitrogens is 1. The molecule has 2 aliphatic rings. The van der Waals surface area contributed by atoms with E-state index in [1.54, 1.807) is 6.20 Å². The van der Waals surface area contributed by atoms with Crippen LogP contribution in [0.25, 0.3) is 0 Å². The molecule has 3 heterocycles. The Labute approximate surface area is 147 Å². The number of carbonyl (C=O) groups excluding carboxylic acids is 1. The number of anilines is 2. The monoisotopic (exact) mass is 338 g/mol. The van der Waals surface area contributed by atoms with Crippen LogP contribution >= 0.6 is 0 Å². The van der Waals surface area contributed by atoms with E-state index in [-0.39, 0.29) is 12.1 Å². The first kappa shape index (κ1) is 15.7. The van der Waals surface area contributed by atoms with Gasteiger partial charge in [0.15, 0.2) is 5.82 Å². The molecular weight excluding hydrogens is 316 g/mol. The van der Waals surface area contributed by atoms with Crippen molar-refractivity contribution in [3.05, 3.63) is 48.2 Å². The molecule has 0 saturated carbocycles. The molecule has 4 rings (SSSR count). The van der Waals surface area contributed by atoms with E-state index in [2.05, 4.69) is 26.6 Å². The lowest BCUT2D eigenvalue weighted by molar-refractivity contribution is 0.219. The van der Waals surface area contributed by atoms with Crippen LogP contribution in [0.2, 0.25) is 0 Å². The number of amides is 2. The molecule has 1 unspecified atom stereocenters. The van der Waals surface area contributed by atoms with Crippen LogP contribution in [0.15, 0.2) is 42.6 Å². The highest BCUT2D eigenvalue weighted by atomic mass is 16.5. The zero-order valence-electron chi connectivity index (χ0n) is 14.1. The first-order valence-corrected chi connectivity index (χ1v) is 8.79. The summed E-state index contributed by atoms with van der Waals surface area (Å²) in [7, 11) is 0. The van der Waals surface area contributed by atoms with Gasteiger partial charge in [-0.05, 0) is 36.6 Å². The summed E-state index contributed by atoms with van der Waals surface area (Å²) in [5.41, 5.74) is 1.94. The van der Waals surface area contributed by atoms with Gasteiger partial charge in [-0.1, -0.05) is 18.2 Å². The second kappa shape index (κ2) is 7.01. The predicted molar refractivity (Wildman–Crippen MR) is 97.3 cm³/mol. The number of hydrogen-bond donors (Lipinski definition) is 2. The molecule has 6 heteroatoms. The average molecular weight is 338 g/mol. The summed E-state index contributed by atoms with van der Waals surface area (Å²) in [6.45, 7) is 2.45. The van der Waals surface area contributed by atoms with E-state index in [0.717, 1.165) is 36.8 Å². The highest BCUT2D eigenvalue weighted by Gasteiger charge is 2.23. The molecule has 0 radical (unpaired) electrons. The maximum Gasteiger partial charge on any atom is 0.319 e. The van der Waals surface area contributed by atoms with Crippen molar-refractivity contribution in [3.8, 4) is 5.75 Å². The second-order valence-corrected chi connectivity index (χ2v) is 6.46. The fourth-order valence-electron chi connectivity index (χ4n) is 3.42. The summed E-state index contributed by atoms with van der Waals surface area (Å²) in [6, 6.07) is 11.5. The molecule has 6 nitrogen and oxygen atoms in total. The van der Waals surface area contributed by atoms with Gasteiger partial charge < -0.3 is 20.3 Å². The molecule has 2 aliphatic heterocycles. The number of nitrogens with zero attached hydrogens (tertiary/aromatic N) is 2. The van der Waals surface area contributed by atoms with Crippen molar-refractivity contribution in [3.63, 3.8) is 0 Å². The first-order chi connectivity index (χ1) is 12.3. The minimum Gasteiger partial charge on any atom is -0.488 e. The van der Waals surface area contributed by atoms with Crippen molar-refractivity contribution in [2.45, 2.75) is 25.4 Å². The number of fused-ring (bicyclic) bond motifs is 1. The van der Waals surface area contributed by atoms with E-state index in [9.17, 15) is 4.79 Å². The van der Waals surface area contributed by atoms with E-state index in [0.29, 0.717) is 6.54 Å². The van der Waals surface area contributed by atoms with E-state index in [1.165, 1.54) is 18.4 Å². The van der Waals surface area contributed by atoms with Crippen LogP contribution in [0.4, 0.5) is 16.3 Å². The van der Waals surface area contributed by atoms with Gasteiger partial charge in [-0.25, -0.2) is 9.78 Å². The smallest absolute Gasteiger partial charge is 0.319 e. The third kappa shape index (κ3) is 3.52. The maximum atomic E-state index is 12.3. The molecule has 1 aromatic heterocycles. The summed E-state index contributed by atoms with van der Waals surface area (Å²) in [6.07, 6.45) is 4.90. The number of carbonyl (C=O) groups is 1. The normalized spacial score (nSPS) is 18.6. The van der Waals surface area contributed by atoms with Gasteiger partial charge in [0.2, 0.25) is 0 Å². The number of pyridine rings is 1. The number of benzene rings is 1. The Morgan fingerprint density at radius 3 is 2.88 bits per heavy atom. The van der Waals surface area contributed by atoms with Crippen molar-refractivity contribution in [2.75, 3.05) is 29.9 Å². The lowest BCUT2D eigenvalue weighted by Crippen LogP contribution is -2.37. The van der Waals surface area contributed by atoms with Crippen molar-refractivity contribution in [2.24, 2.45) is 0 Å². The van der Waals surface area contributed by atoms with Gasteiger partial charge in [0.05, 0.1) is 12.2 Å². The van der Waals surface area contributed by atoms with Gasteiger partial charge in [0, 0.05) is 25.7 Å². The second-order valence-electron chi connectivity index (χ2n) is 6.46. The lowest BCUT2D eigenvalue weighted by Gasteiger charge is -2.20. The minimum absolute atomic E-state index is 0.0184. The van der Waals surface area contributed by atoms with Gasteiger partial charge in [-0.15, -0.1) is 0 Å². The number of hydrogen-bond acceptors (Lipinski definition) is 4. The molecule has 0 bridgehead atoms. The number of urea groups is 1. The Bertz CT molecular complexity index is 734. The van der Waals surface area contributed by atoms with Crippen molar-refractivity contribution < 1.29 is 9.53 Å². The van der Waals surface area contributed by atoms with Crippen LogP contribution in [-0.2, 0) is 6.42 Å². The summed E-state index contributed by atoms with van der Waals surface area (Å²) >= 11 is 0. The van der Waals surface area contributed by atoms with Gasteiger partial charge >= 0.3 is 6.03 Å². The minimum atomic E-state index is -0.229. The third-order valence-corrected chi connectivity index (χ3v) is 4.64. The van der Waals surface area contributed by atoms with Crippen LogP contribution in [0, 0.1) is 0 Å². The molecule has 1 saturated heterocycles. The van der Waals surface area contributed by atoms with Gasteiger partial charge in [0.1, 0.15) is 11.9 Å². The summed E-state index contributed by atoms with van der Waals surface area (Å²) in [5.74, 6) is 1.76. The molecule has 0 aliphatic carbocycles. The molecule has 1 atom stereocenters. The lowest BCUT2D eigenvalue weighted by atomic mass is 10.1. The number of rotatable bonds is 4. The number of nitrogens with one attached hydrogen (secondary N) is 2. The number of para-hydroxylation sites is 1. The molecule has 1 aromatic carbocycles. The van der Waals surface area contributed by atoms with Crippen molar-refractivity contribution >= 4 is 17.5 Å². The Hall–Kier alpha value is -2.76. The van der Waals surface area contributed by atoms with Crippen LogP contribution in [0.1, 0.15) is 18.4 Å². The Morgan fingerprint density at radius 1 is 1.20 bits per heavy atom. The fraction of sp³-hybridized carbons (Fsp3) is 0.368. The highest BCUT2D eigenvalue weighted by molar-refractivity contribution is 5.92. The Kier molecular flexibility index (Phi) is 4.41. The summed E-state index contributed by atoms with van der Waals surface area (Å²) in [5, 5.41) is 5.83. The Balaban J connectivity index is 1.33. The molecule has 130 valence electrons. The molecule has 2 amide bonds. The van der Waals surface area contributed by atoms with Gasteiger partial charge in [0.25, 0.3) is 0 Å². The molecule has 0 spiro atoms. The fourth-order valence-corrected chi connectivity index (χ4v) is 3.42. The molecule has 2 aromatic rings. The van der Waals surface area contributed by atoms with Crippen LogP contribution in [0.3, 0.4) is 0 Å². The summed E-state index contributed by atoms with van der Waals surface area (Å²) in [4.78, 5) is 18.9. The maximum absolute atomic E-state index is 12.3. The molecule has 2 N–H and O–H groups in total. The van der Waals surface area contributed by atoms with E-state index in [4.69, 9.17) is 4.74 Å². The zero-order chi connectivity index (χ0) is 17.1. The molecule has 25 heavy (non-hydrogen) atoms. The molecule has 1 fully saturated rings. The van der Waals surface area contributed by atoms with Crippen LogP contribution < -0.4 is 20.3 Å².